The van der Waals surface area contributed by atoms with Gasteiger partial charge in [-0.25, -0.2) is 0 Å². The van der Waals surface area contributed by atoms with Gasteiger partial charge in [0.2, 0.25) is 0 Å². The molecule has 1 aromatic rings. The van der Waals surface area contributed by atoms with Crippen LogP contribution in [0.1, 0.15) is 36.5 Å². The molecule has 0 spiro atoms. The molecule has 1 fully saturated rings. The largest absolute Gasteiger partial charge is 0.349 e. The summed E-state index contributed by atoms with van der Waals surface area (Å²) in [5, 5.41) is 3.50. The number of carbonyl (C=O) groups excluding carboxylic acids is 1. The highest BCUT2D eigenvalue weighted by molar-refractivity contribution is 9.10. The molecule has 0 saturated heterocycles. The summed E-state index contributed by atoms with van der Waals surface area (Å²) in [5.41, 5.74) is 0.534. The molecule has 0 heterocycles. The molecule has 1 atom stereocenters. The Bertz CT molecular complexity index is 431. The fourth-order valence-electron chi connectivity index (χ4n) is 2.02. The number of hydrogen-bond donors (Lipinski definition) is 1. The molecule has 0 radical (unpaired) electrons. The minimum Gasteiger partial charge on any atom is -0.349 e. The Morgan fingerprint density at radius 1 is 1.53 bits per heavy atom. The second-order valence-corrected chi connectivity index (χ2v) is 5.79. The summed E-state index contributed by atoms with van der Waals surface area (Å²) in [7, 11) is 0. The Morgan fingerprint density at radius 3 is 2.82 bits per heavy atom. The molecule has 1 aliphatic rings. The Morgan fingerprint density at radius 2 is 2.24 bits per heavy atom. The minimum absolute atomic E-state index is 0.0873. The Balaban J connectivity index is 2.06. The van der Waals surface area contributed by atoms with Gasteiger partial charge in [0.15, 0.2) is 0 Å². The second kappa shape index (κ2) is 5.40. The number of rotatable bonds is 3. The van der Waals surface area contributed by atoms with E-state index >= 15 is 0 Å². The van der Waals surface area contributed by atoms with Gasteiger partial charge >= 0.3 is 0 Å². The van der Waals surface area contributed by atoms with Crippen molar-refractivity contribution in [3.8, 4) is 0 Å². The van der Waals surface area contributed by atoms with Gasteiger partial charge in [-0.3, -0.25) is 4.79 Å². The maximum Gasteiger partial charge on any atom is 0.253 e. The van der Waals surface area contributed by atoms with E-state index in [0.29, 0.717) is 16.5 Å². The van der Waals surface area contributed by atoms with Crippen LogP contribution in [0.25, 0.3) is 0 Å². The number of halogens is 2. The summed E-state index contributed by atoms with van der Waals surface area (Å²) < 4.78 is 0.753. The number of benzene rings is 1. The maximum absolute atomic E-state index is 12.1. The zero-order valence-electron chi connectivity index (χ0n) is 9.67. The van der Waals surface area contributed by atoms with Gasteiger partial charge < -0.3 is 5.32 Å². The van der Waals surface area contributed by atoms with E-state index in [1.807, 2.05) is 12.1 Å². The van der Waals surface area contributed by atoms with Crippen molar-refractivity contribution in [2.75, 3.05) is 0 Å². The van der Waals surface area contributed by atoms with E-state index in [2.05, 4.69) is 28.2 Å². The number of amides is 1. The van der Waals surface area contributed by atoms with Gasteiger partial charge in [0.1, 0.15) is 0 Å². The van der Waals surface area contributed by atoms with Crippen molar-refractivity contribution in [3.05, 3.63) is 33.3 Å². The van der Waals surface area contributed by atoms with Crippen LogP contribution in [0.4, 0.5) is 0 Å². The van der Waals surface area contributed by atoms with Gasteiger partial charge in [-0.1, -0.05) is 24.1 Å². The van der Waals surface area contributed by atoms with Gasteiger partial charge in [-0.15, -0.1) is 0 Å². The van der Waals surface area contributed by atoms with E-state index < -0.39 is 0 Å². The highest BCUT2D eigenvalue weighted by atomic mass is 79.9. The fourth-order valence-corrected chi connectivity index (χ4v) is 2.60. The van der Waals surface area contributed by atoms with Gasteiger partial charge in [-0.05, 0) is 53.7 Å². The van der Waals surface area contributed by atoms with E-state index in [1.54, 1.807) is 6.07 Å². The van der Waals surface area contributed by atoms with Crippen molar-refractivity contribution in [2.45, 2.75) is 32.2 Å². The average molecular weight is 317 g/mol. The third-order valence-electron chi connectivity index (χ3n) is 3.41. The van der Waals surface area contributed by atoms with E-state index in [9.17, 15) is 4.79 Å². The molecule has 1 aliphatic carbocycles. The van der Waals surface area contributed by atoms with Gasteiger partial charge in [0.25, 0.3) is 5.91 Å². The number of carbonyl (C=O) groups is 1. The van der Waals surface area contributed by atoms with Crippen LogP contribution in [0, 0.1) is 5.92 Å². The van der Waals surface area contributed by atoms with Crippen LogP contribution in [0.3, 0.4) is 0 Å². The molecule has 17 heavy (non-hydrogen) atoms. The normalized spacial score (nSPS) is 17.4. The molecular formula is C13H15BrClNO. The first kappa shape index (κ1) is 12.9. The topological polar surface area (TPSA) is 29.1 Å². The molecule has 4 heteroatoms. The lowest BCUT2D eigenvalue weighted by atomic mass is 9.80. The van der Waals surface area contributed by atoms with Crippen molar-refractivity contribution < 1.29 is 4.79 Å². The predicted molar refractivity (Wildman–Crippen MR) is 73.4 cm³/mol. The standard InChI is InChI=1S/C13H15BrClNO/c1-8(9-4-2-5-9)16-13(17)10-6-3-7-11(14)12(10)15/h3,6-9H,2,4-5H2,1H3,(H,16,17). The lowest BCUT2D eigenvalue weighted by molar-refractivity contribution is 0.0909. The smallest absolute Gasteiger partial charge is 0.253 e. The van der Waals surface area contributed by atoms with Crippen molar-refractivity contribution in [2.24, 2.45) is 5.92 Å². The fraction of sp³-hybridized carbons (Fsp3) is 0.462. The first-order chi connectivity index (χ1) is 8.09. The van der Waals surface area contributed by atoms with Crippen molar-refractivity contribution in [1.82, 2.24) is 5.32 Å². The lowest BCUT2D eigenvalue weighted by Crippen LogP contribution is -2.40. The molecule has 0 aromatic heterocycles. The van der Waals surface area contributed by atoms with E-state index in [0.717, 1.165) is 4.47 Å². The van der Waals surface area contributed by atoms with E-state index in [-0.39, 0.29) is 11.9 Å². The van der Waals surface area contributed by atoms with Crippen LogP contribution < -0.4 is 5.32 Å². The Labute approximate surface area is 115 Å². The predicted octanol–water partition coefficient (Wildman–Crippen LogP) is 4.02. The molecule has 1 saturated carbocycles. The van der Waals surface area contributed by atoms with E-state index in [4.69, 9.17) is 11.6 Å². The van der Waals surface area contributed by atoms with Crippen LogP contribution in [-0.2, 0) is 0 Å². The van der Waals surface area contributed by atoms with Gasteiger partial charge in [0.05, 0.1) is 10.6 Å². The van der Waals surface area contributed by atoms with E-state index in [1.165, 1.54) is 19.3 Å². The summed E-state index contributed by atoms with van der Waals surface area (Å²) in [5.74, 6) is 0.542. The summed E-state index contributed by atoms with van der Waals surface area (Å²) in [6.45, 7) is 2.06. The molecule has 1 amide bonds. The quantitative estimate of drug-likeness (QED) is 0.896. The molecule has 1 N–H and O–H groups in total. The van der Waals surface area contributed by atoms with Crippen molar-refractivity contribution >= 4 is 33.4 Å². The lowest BCUT2D eigenvalue weighted by Gasteiger charge is -2.31. The monoisotopic (exact) mass is 315 g/mol. The van der Waals surface area contributed by atoms with Crippen LogP contribution in [0.2, 0.25) is 5.02 Å². The third-order valence-corrected chi connectivity index (χ3v) is 4.71. The summed E-state index contributed by atoms with van der Waals surface area (Å²) in [6, 6.07) is 5.62. The molecule has 2 rings (SSSR count). The van der Waals surface area contributed by atoms with Crippen LogP contribution in [0.5, 0.6) is 0 Å². The molecule has 1 unspecified atom stereocenters. The first-order valence-electron chi connectivity index (χ1n) is 5.84. The summed E-state index contributed by atoms with van der Waals surface area (Å²) >= 11 is 9.41. The summed E-state index contributed by atoms with van der Waals surface area (Å²) in [4.78, 5) is 12.1. The van der Waals surface area contributed by atoms with Crippen LogP contribution in [-0.4, -0.2) is 11.9 Å². The second-order valence-electron chi connectivity index (χ2n) is 4.55. The zero-order chi connectivity index (χ0) is 12.4. The SMILES string of the molecule is CC(NC(=O)c1cccc(Br)c1Cl)C1CCC1. The highest BCUT2D eigenvalue weighted by Crippen LogP contribution is 2.30. The van der Waals surface area contributed by atoms with Crippen LogP contribution in [0.15, 0.2) is 22.7 Å². The minimum atomic E-state index is -0.0873. The first-order valence-corrected chi connectivity index (χ1v) is 7.01. The van der Waals surface area contributed by atoms with Gasteiger partial charge in [0, 0.05) is 10.5 Å². The Hall–Kier alpha value is -0.540. The molecule has 2 nitrogen and oxygen atoms in total. The molecule has 0 bridgehead atoms. The zero-order valence-corrected chi connectivity index (χ0v) is 12.0. The van der Waals surface area contributed by atoms with Gasteiger partial charge in [-0.2, -0.15) is 0 Å². The summed E-state index contributed by atoms with van der Waals surface area (Å²) in [6.07, 6.45) is 3.71. The Kier molecular flexibility index (Phi) is 4.10. The highest BCUT2D eigenvalue weighted by Gasteiger charge is 2.25. The van der Waals surface area contributed by atoms with Crippen LogP contribution >= 0.6 is 27.5 Å². The molecular weight excluding hydrogens is 302 g/mol. The number of nitrogens with one attached hydrogen (secondary N) is 1. The average Bonchev–Trinajstić information content (AvgIpc) is 2.19. The van der Waals surface area contributed by atoms with Crippen molar-refractivity contribution in [1.29, 1.82) is 0 Å². The van der Waals surface area contributed by atoms with Crippen molar-refractivity contribution in [3.63, 3.8) is 0 Å². The molecule has 92 valence electrons. The molecule has 0 aliphatic heterocycles. The molecule has 1 aromatic carbocycles. The number of hydrogen-bond acceptors (Lipinski definition) is 1. The maximum atomic E-state index is 12.1. The third kappa shape index (κ3) is 2.83.